The van der Waals surface area contributed by atoms with E-state index in [1.54, 1.807) is 6.07 Å². The van der Waals surface area contributed by atoms with Crippen molar-refractivity contribution in [1.29, 1.82) is 0 Å². The van der Waals surface area contributed by atoms with Gasteiger partial charge in [0.15, 0.2) is 5.69 Å². The molecule has 15 heavy (non-hydrogen) atoms. The number of hydrogen-bond donors (Lipinski definition) is 1. The largest absolute Gasteiger partial charge is 0.476 e. The molecule has 0 radical (unpaired) electrons. The monoisotopic (exact) mass is 229 g/mol. The summed E-state index contributed by atoms with van der Waals surface area (Å²) in [5.74, 6) is -0.874. The number of pyridine rings is 1. The fourth-order valence-corrected chi connectivity index (χ4v) is 1.12. The van der Waals surface area contributed by atoms with Crippen molar-refractivity contribution < 1.29 is 14.6 Å². The van der Waals surface area contributed by atoms with E-state index < -0.39 is 5.97 Å². The summed E-state index contributed by atoms with van der Waals surface area (Å²) >= 11 is 5.66. The minimum atomic E-state index is -1.16. The summed E-state index contributed by atoms with van der Waals surface area (Å²) < 4.78 is 5.38. The Kier molecular flexibility index (Phi) is 3.91. The van der Waals surface area contributed by atoms with Gasteiger partial charge in [-0.2, -0.15) is 0 Å². The number of aromatic carboxylic acids is 1. The Morgan fingerprint density at radius 1 is 1.67 bits per heavy atom. The summed E-state index contributed by atoms with van der Waals surface area (Å²) in [5.41, 5.74) is -0.183. The van der Waals surface area contributed by atoms with Crippen LogP contribution in [0.1, 0.15) is 30.8 Å². The predicted octanol–water partition coefficient (Wildman–Crippen LogP) is 2.61. The van der Waals surface area contributed by atoms with E-state index in [4.69, 9.17) is 21.4 Å². The standard InChI is InChI=1S/C10H12ClNO3/c1-3-6(2)15-8-5-4-7(11)9(12-8)10(13)14/h4-6H,3H2,1-2H3,(H,13,14). The van der Waals surface area contributed by atoms with Gasteiger partial charge in [0.25, 0.3) is 0 Å². The van der Waals surface area contributed by atoms with E-state index in [1.165, 1.54) is 6.07 Å². The molecule has 1 unspecified atom stereocenters. The van der Waals surface area contributed by atoms with Gasteiger partial charge in [-0.05, 0) is 19.4 Å². The number of ether oxygens (including phenoxy) is 1. The van der Waals surface area contributed by atoms with Gasteiger partial charge < -0.3 is 9.84 Å². The molecule has 1 N–H and O–H groups in total. The van der Waals surface area contributed by atoms with Crippen molar-refractivity contribution in [2.45, 2.75) is 26.4 Å². The molecule has 0 aliphatic heterocycles. The maximum atomic E-state index is 10.7. The van der Waals surface area contributed by atoms with E-state index in [9.17, 15) is 4.79 Å². The molecular formula is C10H12ClNO3. The van der Waals surface area contributed by atoms with Gasteiger partial charge in [0.05, 0.1) is 11.1 Å². The number of hydrogen-bond acceptors (Lipinski definition) is 3. The van der Waals surface area contributed by atoms with Crippen LogP contribution in [-0.4, -0.2) is 22.2 Å². The molecular weight excluding hydrogens is 218 g/mol. The summed E-state index contributed by atoms with van der Waals surface area (Å²) in [4.78, 5) is 14.5. The Labute approximate surface area is 92.8 Å². The van der Waals surface area contributed by atoms with Gasteiger partial charge in [-0.25, -0.2) is 9.78 Å². The average Bonchev–Trinajstić information content (AvgIpc) is 2.20. The molecule has 1 heterocycles. The van der Waals surface area contributed by atoms with Gasteiger partial charge in [-0.1, -0.05) is 18.5 Å². The van der Waals surface area contributed by atoms with Gasteiger partial charge in [-0.15, -0.1) is 0 Å². The first-order valence-electron chi connectivity index (χ1n) is 4.61. The quantitative estimate of drug-likeness (QED) is 0.862. The molecule has 0 aromatic carbocycles. The molecule has 0 amide bonds. The number of carboxylic acids is 1. The molecule has 0 aliphatic carbocycles. The van der Waals surface area contributed by atoms with Crippen LogP contribution in [0, 0.1) is 0 Å². The first kappa shape index (κ1) is 11.8. The Balaban J connectivity index is 2.92. The van der Waals surface area contributed by atoms with Gasteiger partial charge in [0.2, 0.25) is 5.88 Å². The molecule has 0 spiro atoms. The predicted molar refractivity (Wildman–Crippen MR) is 56.6 cm³/mol. The second kappa shape index (κ2) is 4.98. The van der Waals surface area contributed by atoms with Crippen LogP contribution in [0.25, 0.3) is 0 Å². The second-order valence-corrected chi connectivity index (χ2v) is 3.53. The van der Waals surface area contributed by atoms with E-state index in [-0.39, 0.29) is 22.7 Å². The molecule has 5 heteroatoms. The van der Waals surface area contributed by atoms with Crippen molar-refractivity contribution in [3.63, 3.8) is 0 Å². The average molecular weight is 230 g/mol. The van der Waals surface area contributed by atoms with E-state index >= 15 is 0 Å². The van der Waals surface area contributed by atoms with E-state index in [0.29, 0.717) is 0 Å². The number of halogens is 1. The van der Waals surface area contributed by atoms with Crippen molar-refractivity contribution in [3.05, 3.63) is 22.8 Å². The van der Waals surface area contributed by atoms with Crippen molar-refractivity contribution in [1.82, 2.24) is 4.98 Å². The lowest BCUT2D eigenvalue weighted by molar-refractivity contribution is 0.0688. The molecule has 1 rings (SSSR count). The van der Waals surface area contributed by atoms with Crippen molar-refractivity contribution in [3.8, 4) is 5.88 Å². The summed E-state index contributed by atoms with van der Waals surface area (Å²) in [6, 6.07) is 3.02. The topological polar surface area (TPSA) is 59.4 Å². The Morgan fingerprint density at radius 2 is 2.33 bits per heavy atom. The van der Waals surface area contributed by atoms with Crippen LogP contribution in [-0.2, 0) is 0 Å². The second-order valence-electron chi connectivity index (χ2n) is 3.12. The third-order valence-electron chi connectivity index (χ3n) is 1.92. The Hall–Kier alpha value is -1.29. The summed E-state index contributed by atoms with van der Waals surface area (Å²) in [7, 11) is 0. The van der Waals surface area contributed by atoms with Crippen LogP contribution < -0.4 is 4.74 Å². The molecule has 1 aromatic rings. The van der Waals surface area contributed by atoms with Crippen molar-refractivity contribution >= 4 is 17.6 Å². The minimum absolute atomic E-state index is 0.000297. The van der Waals surface area contributed by atoms with Crippen LogP contribution in [0.2, 0.25) is 5.02 Å². The highest BCUT2D eigenvalue weighted by molar-refractivity contribution is 6.33. The maximum absolute atomic E-state index is 10.7. The van der Waals surface area contributed by atoms with Gasteiger partial charge in [0.1, 0.15) is 0 Å². The molecule has 82 valence electrons. The van der Waals surface area contributed by atoms with Gasteiger partial charge in [0, 0.05) is 6.07 Å². The molecule has 1 atom stereocenters. The lowest BCUT2D eigenvalue weighted by atomic mass is 10.3. The van der Waals surface area contributed by atoms with Crippen LogP contribution in [0.4, 0.5) is 0 Å². The number of carboxylic acid groups (broad SMARTS) is 1. The lowest BCUT2D eigenvalue weighted by Crippen LogP contribution is -2.12. The Morgan fingerprint density at radius 3 is 2.87 bits per heavy atom. The van der Waals surface area contributed by atoms with E-state index in [0.717, 1.165) is 6.42 Å². The highest BCUT2D eigenvalue weighted by Gasteiger charge is 2.12. The number of carbonyl (C=O) groups is 1. The van der Waals surface area contributed by atoms with Crippen LogP contribution >= 0.6 is 11.6 Å². The van der Waals surface area contributed by atoms with E-state index in [2.05, 4.69) is 4.98 Å². The lowest BCUT2D eigenvalue weighted by Gasteiger charge is -2.11. The van der Waals surface area contributed by atoms with Crippen LogP contribution in [0.5, 0.6) is 5.88 Å². The minimum Gasteiger partial charge on any atom is -0.476 e. The molecule has 0 saturated carbocycles. The van der Waals surface area contributed by atoms with Crippen LogP contribution in [0.3, 0.4) is 0 Å². The fourth-order valence-electron chi connectivity index (χ4n) is 0.929. The van der Waals surface area contributed by atoms with Crippen molar-refractivity contribution in [2.75, 3.05) is 0 Å². The normalized spacial score (nSPS) is 12.2. The van der Waals surface area contributed by atoms with Gasteiger partial charge >= 0.3 is 5.97 Å². The van der Waals surface area contributed by atoms with Gasteiger partial charge in [-0.3, -0.25) is 0 Å². The molecule has 0 saturated heterocycles. The third kappa shape index (κ3) is 3.09. The fraction of sp³-hybridized carbons (Fsp3) is 0.400. The van der Waals surface area contributed by atoms with Crippen molar-refractivity contribution in [2.24, 2.45) is 0 Å². The molecule has 0 aliphatic rings. The molecule has 1 aromatic heterocycles. The first-order chi connectivity index (χ1) is 7.04. The smallest absolute Gasteiger partial charge is 0.356 e. The number of nitrogens with zero attached hydrogens (tertiary/aromatic N) is 1. The number of aromatic nitrogens is 1. The molecule has 0 bridgehead atoms. The highest BCUT2D eigenvalue weighted by atomic mass is 35.5. The zero-order valence-electron chi connectivity index (χ0n) is 8.53. The first-order valence-corrected chi connectivity index (χ1v) is 4.99. The summed E-state index contributed by atoms with van der Waals surface area (Å²) in [5, 5.41) is 8.89. The molecule has 4 nitrogen and oxygen atoms in total. The Bertz CT molecular complexity index is 368. The zero-order chi connectivity index (χ0) is 11.4. The summed E-state index contributed by atoms with van der Waals surface area (Å²) in [6.45, 7) is 3.86. The SMILES string of the molecule is CCC(C)Oc1ccc(Cl)c(C(=O)O)n1. The summed E-state index contributed by atoms with van der Waals surface area (Å²) in [6.07, 6.45) is 0.826. The zero-order valence-corrected chi connectivity index (χ0v) is 9.28. The number of rotatable bonds is 4. The van der Waals surface area contributed by atoms with E-state index in [1.807, 2.05) is 13.8 Å². The molecule has 0 fully saturated rings. The third-order valence-corrected chi connectivity index (χ3v) is 2.22. The highest BCUT2D eigenvalue weighted by Crippen LogP contribution is 2.19. The van der Waals surface area contributed by atoms with Crippen LogP contribution in [0.15, 0.2) is 12.1 Å². The maximum Gasteiger partial charge on any atom is 0.356 e.